The maximum absolute atomic E-state index is 12.2. The van der Waals surface area contributed by atoms with Gasteiger partial charge in [-0.15, -0.1) is 11.3 Å². The molecule has 0 aliphatic carbocycles. The number of ether oxygens (including phenoxy) is 1. The molecule has 1 N–H and O–H groups in total. The van der Waals surface area contributed by atoms with Gasteiger partial charge in [-0.25, -0.2) is 18.2 Å². The molecule has 7 nitrogen and oxygen atoms in total. The predicted octanol–water partition coefficient (Wildman–Crippen LogP) is 3.97. The molecule has 0 saturated carbocycles. The number of nitrogens with zero attached hydrogens (tertiary/aromatic N) is 1. The van der Waals surface area contributed by atoms with Gasteiger partial charge in [-0.3, -0.25) is 10.1 Å². The van der Waals surface area contributed by atoms with Crippen LogP contribution >= 0.6 is 22.9 Å². The van der Waals surface area contributed by atoms with E-state index < -0.39 is 28.3 Å². The highest BCUT2D eigenvalue weighted by Gasteiger charge is 2.18. The van der Waals surface area contributed by atoms with Crippen molar-refractivity contribution in [2.24, 2.45) is 0 Å². The molecule has 0 aliphatic heterocycles. The van der Waals surface area contributed by atoms with Gasteiger partial charge in [0.2, 0.25) is 0 Å². The summed E-state index contributed by atoms with van der Waals surface area (Å²) in [6.07, 6.45) is 1.01. The van der Waals surface area contributed by atoms with Crippen LogP contribution in [0.25, 0.3) is 11.3 Å². The lowest BCUT2D eigenvalue weighted by atomic mass is 10.1. The fraction of sp³-hybridized carbons (Fsp3) is 0.150. The summed E-state index contributed by atoms with van der Waals surface area (Å²) < 4.78 is 28.3. The molecule has 0 spiro atoms. The summed E-state index contributed by atoms with van der Waals surface area (Å²) in [7, 11) is -3.52. The first-order valence-corrected chi connectivity index (χ1v) is 11.8. The highest BCUT2D eigenvalue weighted by Crippen LogP contribution is 2.25. The topological polar surface area (TPSA) is 102 Å². The summed E-state index contributed by atoms with van der Waals surface area (Å²) in [4.78, 5) is 28.6. The number of nitrogens with one attached hydrogen (secondary N) is 1. The van der Waals surface area contributed by atoms with Crippen molar-refractivity contribution >= 4 is 49.8 Å². The van der Waals surface area contributed by atoms with Gasteiger partial charge >= 0.3 is 5.97 Å². The van der Waals surface area contributed by atoms with Crippen molar-refractivity contribution in [2.45, 2.75) is 11.8 Å². The molecule has 10 heteroatoms. The van der Waals surface area contributed by atoms with Gasteiger partial charge in [0.25, 0.3) is 5.91 Å². The van der Waals surface area contributed by atoms with Gasteiger partial charge in [0.05, 0.1) is 21.2 Å². The fourth-order valence-electron chi connectivity index (χ4n) is 2.44. The minimum atomic E-state index is -3.52. The SMILES string of the molecule is Cc1ccc(-c2csc(NC(=O)COC(=O)c3cc(S(C)(=O)=O)ccc3Cl)n2)cc1. The number of sulfone groups is 1. The molecule has 0 fully saturated rings. The van der Waals surface area contributed by atoms with Crippen LogP contribution in [0.1, 0.15) is 15.9 Å². The smallest absolute Gasteiger partial charge is 0.340 e. The number of thiazole rings is 1. The van der Waals surface area contributed by atoms with Crippen LogP contribution in [0.4, 0.5) is 5.13 Å². The Labute approximate surface area is 182 Å². The van der Waals surface area contributed by atoms with Gasteiger partial charge < -0.3 is 4.74 Å². The number of benzene rings is 2. The van der Waals surface area contributed by atoms with E-state index in [2.05, 4.69) is 10.3 Å². The van der Waals surface area contributed by atoms with Crippen molar-refractivity contribution in [1.29, 1.82) is 0 Å². The average Bonchev–Trinajstić information content (AvgIpc) is 3.14. The Kier molecular flexibility index (Phi) is 6.55. The van der Waals surface area contributed by atoms with E-state index in [4.69, 9.17) is 16.3 Å². The molecule has 1 amide bonds. The highest BCUT2D eigenvalue weighted by molar-refractivity contribution is 7.90. The van der Waals surface area contributed by atoms with E-state index in [1.165, 1.54) is 23.5 Å². The van der Waals surface area contributed by atoms with E-state index in [-0.39, 0.29) is 15.5 Å². The zero-order chi connectivity index (χ0) is 21.9. The normalized spacial score (nSPS) is 11.2. The van der Waals surface area contributed by atoms with Gasteiger partial charge in [0.15, 0.2) is 21.6 Å². The maximum Gasteiger partial charge on any atom is 0.340 e. The second-order valence-corrected chi connectivity index (χ2v) is 9.72. The molecule has 0 aliphatic rings. The molecule has 0 bridgehead atoms. The summed E-state index contributed by atoms with van der Waals surface area (Å²) in [5.41, 5.74) is 2.63. The Balaban J connectivity index is 1.61. The molecule has 1 aromatic heterocycles. The molecule has 0 saturated heterocycles. The second kappa shape index (κ2) is 8.95. The van der Waals surface area contributed by atoms with Crippen LogP contribution in [0, 0.1) is 6.92 Å². The zero-order valence-electron chi connectivity index (χ0n) is 16.0. The summed E-state index contributed by atoms with van der Waals surface area (Å²) >= 11 is 7.20. The van der Waals surface area contributed by atoms with Gasteiger partial charge in [0.1, 0.15) is 0 Å². The fourth-order valence-corrected chi connectivity index (χ4v) is 4.02. The highest BCUT2D eigenvalue weighted by atomic mass is 35.5. The number of aryl methyl sites for hydroxylation is 1. The number of esters is 1. The number of rotatable bonds is 6. The number of halogens is 1. The molecular weight excluding hydrogens is 448 g/mol. The summed E-state index contributed by atoms with van der Waals surface area (Å²) in [6, 6.07) is 11.5. The van der Waals surface area contributed by atoms with E-state index in [0.717, 1.165) is 29.1 Å². The Morgan fingerprint density at radius 1 is 1.17 bits per heavy atom. The standard InChI is InChI=1S/C20H17ClN2O5S2/c1-12-3-5-13(6-4-12)17-11-29-20(22-17)23-18(24)10-28-19(25)15-9-14(30(2,26)27)7-8-16(15)21/h3-9,11H,10H2,1-2H3,(H,22,23,24). The number of carbonyl (C=O) groups is 2. The second-order valence-electron chi connectivity index (χ2n) is 6.44. The van der Waals surface area contributed by atoms with Crippen molar-refractivity contribution in [3.05, 3.63) is 64.0 Å². The summed E-state index contributed by atoms with van der Waals surface area (Å²) in [6.45, 7) is 1.42. The molecule has 0 radical (unpaired) electrons. The third-order valence-electron chi connectivity index (χ3n) is 4.02. The molecule has 0 unspecified atom stereocenters. The van der Waals surface area contributed by atoms with Crippen LogP contribution in [0.2, 0.25) is 5.02 Å². The molecule has 30 heavy (non-hydrogen) atoms. The Morgan fingerprint density at radius 2 is 1.87 bits per heavy atom. The van der Waals surface area contributed by atoms with Crippen LogP contribution in [0.5, 0.6) is 0 Å². The maximum atomic E-state index is 12.2. The van der Waals surface area contributed by atoms with Crippen molar-refractivity contribution in [2.75, 3.05) is 18.2 Å². The van der Waals surface area contributed by atoms with E-state index in [1.54, 1.807) is 0 Å². The van der Waals surface area contributed by atoms with Crippen LogP contribution in [-0.2, 0) is 19.4 Å². The molecule has 3 aromatic rings. The Hall–Kier alpha value is -2.75. The first-order valence-electron chi connectivity index (χ1n) is 8.62. The van der Waals surface area contributed by atoms with Gasteiger partial charge in [-0.2, -0.15) is 0 Å². The zero-order valence-corrected chi connectivity index (χ0v) is 18.4. The molecule has 3 rings (SSSR count). The van der Waals surface area contributed by atoms with Crippen LogP contribution < -0.4 is 5.32 Å². The molecular formula is C20H17ClN2O5S2. The first kappa shape index (κ1) is 21.9. The van der Waals surface area contributed by atoms with E-state index in [1.807, 2.05) is 36.6 Å². The van der Waals surface area contributed by atoms with E-state index >= 15 is 0 Å². The Morgan fingerprint density at radius 3 is 2.53 bits per heavy atom. The first-order chi connectivity index (χ1) is 14.1. The number of hydrogen-bond donors (Lipinski definition) is 1. The van der Waals surface area contributed by atoms with Crippen LogP contribution in [0.3, 0.4) is 0 Å². The number of aromatic nitrogens is 1. The van der Waals surface area contributed by atoms with Crippen molar-refractivity contribution in [3.8, 4) is 11.3 Å². The lowest BCUT2D eigenvalue weighted by Gasteiger charge is -2.07. The quantitative estimate of drug-likeness (QED) is 0.554. The molecule has 0 atom stereocenters. The molecule has 1 heterocycles. The third-order valence-corrected chi connectivity index (χ3v) is 6.22. The third kappa shape index (κ3) is 5.44. The van der Waals surface area contributed by atoms with E-state index in [0.29, 0.717) is 5.13 Å². The van der Waals surface area contributed by atoms with Crippen LogP contribution in [0.15, 0.2) is 52.7 Å². The number of amides is 1. The lowest BCUT2D eigenvalue weighted by Crippen LogP contribution is -2.21. The van der Waals surface area contributed by atoms with Crippen molar-refractivity contribution in [1.82, 2.24) is 4.98 Å². The summed E-state index contributed by atoms with van der Waals surface area (Å²) in [5.74, 6) is -1.48. The average molecular weight is 465 g/mol. The number of anilines is 1. The largest absolute Gasteiger partial charge is 0.452 e. The minimum absolute atomic E-state index is 0.0236. The minimum Gasteiger partial charge on any atom is -0.452 e. The van der Waals surface area contributed by atoms with Gasteiger partial charge in [-0.1, -0.05) is 41.4 Å². The van der Waals surface area contributed by atoms with Gasteiger partial charge in [-0.05, 0) is 25.1 Å². The predicted molar refractivity (Wildman–Crippen MR) is 116 cm³/mol. The monoisotopic (exact) mass is 464 g/mol. The van der Waals surface area contributed by atoms with E-state index in [9.17, 15) is 18.0 Å². The van der Waals surface area contributed by atoms with Crippen LogP contribution in [-0.4, -0.2) is 38.1 Å². The van der Waals surface area contributed by atoms with Crippen molar-refractivity contribution < 1.29 is 22.7 Å². The number of hydrogen-bond acceptors (Lipinski definition) is 7. The summed E-state index contributed by atoms with van der Waals surface area (Å²) in [5, 5.41) is 4.76. The molecule has 156 valence electrons. The molecule has 2 aromatic carbocycles. The number of carbonyl (C=O) groups excluding carboxylic acids is 2. The lowest BCUT2D eigenvalue weighted by molar-refractivity contribution is -0.119. The van der Waals surface area contributed by atoms with Gasteiger partial charge in [0, 0.05) is 17.2 Å². The Bertz CT molecular complexity index is 1200. The van der Waals surface area contributed by atoms with Crippen molar-refractivity contribution in [3.63, 3.8) is 0 Å².